The number of hydrogen-bond acceptors (Lipinski definition) is 3. The minimum absolute atomic E-state index is 0. The summed E-state index contributed by atoms with van der Waals surface area (Å²) in [6, 6.07) is 17.7. The number of aliphatic imine (C=N–C) groups is 2. The molecule has 0 unspecified atom stereocenters. The van der Waals surface area contributed by atoms with Crippen molar-refractivity contribution in [3.8, 4) is 0 Å². The summed E-state index contributed by atoms with van der Waals surface area (Å²) < 4.78 is 3.86. The molecular formula is C21H15Br4Cl2FeN3. The van der Waals surface area contributed by atoms with Crippen molar-refractivity contribution in [2.24, 2.45) is 9.98 Å². The van der Waals surface area contributed by atoms with Crippen molar-refractivity contribution in [2.45, 2.75) is 13.8 Å². The third-order valence-electron chi connectivity index (χ3n) is 3.89. The fourth-order valence-electron chi connectivity index (χ4n) is 2.46. The molecule has 2 aromatic carbocycles. The van der Waals surface area contributed by atoms with Crippen molar-refractivity contribution in [3.63, 3.8) is 0 Å². The molecule has 31 heavy (non-hydrogen) atoms. The topological polar surface area (TPSA) is 37.6 Å². The molecule has 0 amide bonds. The van der Waals surface area contributed by atoms with Crippen LogP contribution in [0.25, 0.3) is 0 Å². The van der Waals surface area contributed by atoms with E-state index in [1.54, 1.807) is 0 Å². The maximum atomic E-state index is 4.75. The molecule has 10 heteroatoms. The predicted molar refractivity (Wildman–Crippen MR) is 132 cm³/mol. The van der Waals surface area contributed by atoms with Crippen LogP contribution in [0.2, 0.25) is 0 Å². The number of benzene rings is 2. The number of halogens is 6. The molecule has 0 aliphatic heterocycles. The minimum atomic E-state index is 0. The van der Waals surface area contributed by atoms with Crippen molar-refractivity contribution in [1.29, 1.82) is 0 Å². The molecule has 0 atom stereocenters. The van der Waals surface area contributed by atoms with Gasteiger partial charge in [0.25, 0.3) is 0 Å². The summed E-state index contributed by atoms with van der Waals surface area (Å²) in [7, 11) is 0. The Morgan fingerprint density at radius 1 is 0.677 bits per heavy atom. The SMILES string of the molecule is C/C(=N\c1ccc(Br)cc1Br)c1cccc(/C(C)=N/c2ccc(Br)cc2Br)n1.[Cl-].[Cl-].[Fe+2]. The molecule has 0 radical (unpaired) electrons. The van der Waals surface area contributed by atoms with E-state index in [1.165, 1.54) is 0 Å². The third kappa shape index (κ3) is 8.67. The molecule has 0 aliphatic carbocycles. The van der Waals surface area contributed by atoms with E-state index in [4.69, 9.17) is 15.0 Å². The number of nitrogens with zero attached hydrogens (tertiary/aromatic N) is 3. The quantitative estimate of drug-likeness (QED) is 0.298. The molecule has 164 valence electrons. The molecule has 0 saturated carbocycles. The monoisotopic (exact) mass is 751 g/mol. The summed E-state index contributed by atoms with van der Waals surface area (Å²) in [6.45, 7) is 3.91. The summed E-state index contributed by atoms with van der Waals surface area (Å²) in [5.74, 6) is 0. The van der Waals surface area contributed by atoms with Crippen LogP contribution in [-0.2, 0) is 17.1 Å². The number of pyridine rings is 1. The molecule has 0 bridgehead atoms. The van der Waals surface area contributed by atoms with E-state index in [-0.39, 0.29) is 41.9 Å². The van der Waals surface area contributed by atoms with Crippen LogP contribution >= 0.6 is 63.7 Å². The van der Waals surface area contributed by atoms with Crippen molar-refractivity contribution in [1.82, 2.24) is 4.98 Å². The van der Waals surface area contributed by atoms with E-state index in [0.717, 1.165) is 52.1 Å². The van der Waals surface area contributed by atoms with Crippen LogP contribution < -0.4 is 24.8 Å². The fourth-order valence-corrected chi connectivity index (χ4v) is 4.73. The van der Waals surface area contributed by atoms with Gasteiger partial charge in [-0.1, -0.05) is 37.9 Å². The molecule has 1 aromatic heterocycles. The average molecular weight is 756 g/mol. The summed E-state index contributed by atoms with van der Waals surface area (Å²) >= 11 is 14.0. The summed E-state index contributed by atoms with van der Waals surface area (Å²) in [4.78, 5) is 14.2. The summed E-state index contributed by atoms with van der Waals surface area (Å²) in [5.41, 5.74) is 5.02. The van der Waals surface area contributed by atoms with E-state index in [9.17, 15) is 0 Å². The number of aromatic nitrogens is 1. The van der Waals surface area contributed by atoms with Crippen LogP contribution in [0.3, 0.4) is 0 Å². The molecule has 1 heterocycles. The van der Waals surface area contributed by atoms with Crippen molar-refractivity contribution < 1.29 is 41.9 Å². The second-order valence-electron chi connectivity index (χ2n) is 5.99. The van der Waals surface area contributed by atoms with Gasteiger partial charge in [-0.2, -0.15) is 0 Å². The van der Waals surface area contributed by atoms with E-state index in [0.29, 0.717) is 0 Å². The van der Waals surface area contributed by atoms with Crippen LogP contribution in [0.1, 0.15) is 25.2 Å². The largest absolute Gasteiger partial charge is 2.00 e. The van der Waals surface area contributed by atoms with Gasteiger partial charge in [0.05, 0.1) is 34.2 Å². The average Bonchev–Trinajstić information content (AvgIpc) is 2.66. The normalized spacial score (nSPS) is 11.2. The number of hydrogen-bond donors (Lipinski definition) is 0. The summed E-state index contributed by atoms with van der Waals surface area (Å²) in [5, 5.41) is 0. The van der Waals surface area contributed by atoms with E-state index in [1.807, 2.05) is 68.4 Å². The Morgan fingerprint density at radius 2 is 1.06 bits per heavy atom. The Morgan fingerprint density at radius 3 is 1.42 bits per heavy atom. The van der Waals surface area contributed by atoms with Gasteiger partial charge in [0.2, 0.25) is 0 Å². The molecule has 0 aliphatic rings. The van der Waals surface area contributed by atoms with Crippen LogP contribution in [0.15, 0.2) is 82.5 Å². The molecular weight excluding hydrogens is 741 g/mol. The second kappa shape index (κ2) is 14.3. The zero-order valence-electron chi connectivity index (χ0n) is 16.2. The fraction of sp³-hybridized carbons (Fsp3) is 0.0952. The molecule has 3 rings (SSSR count). The van der Waals surface area contributed by atoms with Gasteiger partial charge in [-0.25, -0.2) is 4.98 Å². The van der Waals surface area contributed by atoms with Gasteiger partial charge in [0.15, 0.2) is 0 Å². The first-order valence-electron chi connectivity index (χ1n) is 8.32. The first-order valence-corrected chi connectivity index (χ1v) is 11.5. The van der Waals surface area contributed by atoms with Crippen molar-refractivity contribution in [3.05, 3.63) is 83.9 Å². The van der Waals surface area contributed by atoms with E-state index >= 15 is 0 Å². The molecule has 3 aromatic rings. The molecule has 0 saturated heterocycles. The van der Waals surface area contributed by atoms with Gasteiger partial charge in [0, 0.05) is 17.9 Å². The Hall–Kier alpha value is -0.0505. The zero-order valence-corrected chi connectivity index (χ0v) is 25.1. The Labute approximate surface area is 238 Å². The summed E-state index contributed by atoms with van der Waals surface area (Å²) in [6.07, 6.45) is 0. The Kier molecular flexibility index (Phi) is 14.2. The van der Waals surface area contributed by atoms with Gasteiger partial charge >= 0.3 is 17.1 Å². The molecule has 3 nitrogen and oxygen atoms in total. The second-order valence-corrected chi connectivity index (χ2v) is 9.53. The van der Waals surface area contributed by atoms with Gasteiger partial charge in [-0.15, -0.1) is 0 Å². The van der Waals surface area contributed by atoms with Gasteiger partial charge in [0.1, 0.15) is 0 Å². The maximum absolute atomic E-state index is 4.75. The maximum Gasteiger partial charge on any atom is 2.00 e. The smallest absolute Gasteiger partial charge is 1.00 e. The molecule has 0 spiro atoms. The molecule has 0 N–H and O–H groups in total. The number of rotatable bonds is 4. The van der Waals surface area contributed by atoms with Crippen molar-refractivity contribution in [2.75, 3.05) is 0 Å². The minimum Gasteiger partial charge on any atom is -1.00 e. The molecule has 0 fully saturated rings. The van der Waals surface area contributed by atoms with E-state index in [2.05, 4.69) is 63.7 Å². The third-order valence-corrected chi connectivity index (χ3v) is 6.14. The van der Waals surface area contributed by atoms with Crippen LogP contribution in [-0.4, -0.2) is 16.4 Å². The van der Waals surface area contributed by atoms with E-state index < -0.39 is 0 Å². The van der Waals surface area contributed by atoms with Gasteiger partial charge in [-0.05, 0) is 94.2 Å². The predicted octanol–water partition coefficient (Wildman–Crippen LogP) is 2.42. The zero-order chi connectivity index (χ0) is 20.3. The first kappa shape index (κ1) is 30.9. The van der Waals surface area contributed by atoms with Gasteiger partial charge in [-0.3, -0.25) is 9.98 Å². The van der Waals surface area contributed by atoms with Gasteiger partial charge < -0.3 is 24.8 Å². The van der Waals surface area contributed by atoms with Crippen LogP contribution in [0.4, 0.5) is 11.4 Å². The standard InChI is InChI=1S/C21H15Br4N3.2ClH.Fe/c1-12(26-20-8-6-14(22)10-16(20)24)18-4-3-5-19(28-18)13(2)27-21-9-7-15(23)11-17(21)25;;;/h3-11H,1-2H3;2*1H;/q;;;+2/p-2/b26-12+,27-13+;;;. The van der Waals surface area contributed by atoms with Crippen LogP contribution in [0.5, 0.6) is 0 Å². The first-order chi connectivity index (χ1) is 13.3. The Bertz CT molecular complexity index is 1020. The van der Waals surface area contributed by atoms with Crippen molar-refractivity contribution >= 4 is 86.5 Å². The van der Waals surface area contributed by atoms with Crippen LogP contribution in [0, 0.1) is 0 Å². The Balaban J connectivity index is 0.00000300.